The van der Waals surface area contributed by atoms with Crippen molar-refractivity contribution in [3.8, 4) is 0 Å². The van der Waals surface area contributed by atoms with Gasteiger partial charge in [-0.2, -0.15) is 0 Å². The fourth-order valence-electron chi connectivity index (χ4n) is 2.26. The number of benzene rings is 1. The summed E-state index contributed by atoms with van der Waals surface area (Å²) in [6.07, 6.45) is 4.68. The van der Waals surface area contributed by atoms with Gasteiger partial charge in [-0.05, 0) is 44.7 Å². The molecule has 20 heavy (non-hydrogen) atoms. The smallest absolute Gasteiger partial charge is 0.0242 e. The van der Waals surface area contributed by atoms with E-state index in [1.807, 2.05) is 6.08 Å². The van der Waals surface area contributed by atoms with Gasteiger partial charge in [-0.1, -0.05) is 30.3 Å². The summed E-state index contributed by atoms with van der Waals surface area (Å²) < 4.78 is 0. The molecule has 0 aliphatic heterocycles. The first-order valence-corrected chi connectivity index (χ1v) is 7.66. The zero-order valence-corrected chi connectivity index (χ0v) is 13.2. The van der Waals surface area contributed by atoms with E-state index in [0.717, 1.165) is 25.7 Å². The van der Waals surface area contributed by atoms with Crippen molar-refractivity contribution in [2.75, 3.05) is 6.54 Å². The van der Waals surface area contributed by atoms with Crippen LogP contribution in [0.25, 0.3) is 0 Å². The molecule has 0 unspecified atom stereocenters. The van der Waals surface area contributed by atoms with Crippen molar-refractivity contribution in [1.29, 1.82) is 0 Å². The molecule has 1 saturated carbocycles. The first kappa shape index (κ1) is 15.3. The molecule has 2 rings (SSSR count). The van der Waals surface area contributed by atoms with E-state index in [2.05, 4.69) is 61.8 Å². The molecule has 1 N–H and O–H groups in total. The van der Waals surface area contributed by atoms with Crippen LogP contribution in [0.15, 0.2) is 36.9 Å². The Morgan fingerprint density at radius 1 is 1.20 bits per heavy atom. The second-order valence-corrected chi connectivity index (χ2v) is 6.81. The van der Waals surface area contributed by atoms with Crippen LogP contribution in [0.3, 0.4) is 0 Å². The average Bonchev–Trinajstić information content (AvgIpc) is 3.20. The van der Waals surface area contributed by atoms with Crippen molar-refractivity contribution in [2.45, 2.75) is 58.3 Å². The summed E-state index contributed by atoms with van der Waals surface area (Å²) in [5, 5.41) is 3.55. The molecule has 0 saturated heterocycles. The van der Waals surface area contributed by atoms with Crippen molar-refractivity contribution < 1.29 is 0 Å². The summed E-state index contributed by atoms with van der Waals surface area (Å²) in [4.78, 5) is 2.44. The van der Waals surface area contributed by atoms with E-state index in [1.54, 1.807) is 0 Å². The first-order valence-electron chi connectivity index (χ1n) is 7.66. The molecule has 0 aromatic heterocycles. The second kappa shape index (κ2) is 6.55. The van der Waals surface area contributed by atoms with Gasteiger partial charge in [0.25, 0.3) is 0 Å². The van der Waals surface area contributed by atoms with Crippen LogP contribution in [0.4, 0.5) is 0 Å². The van der Waals surface area contributed by atoms with Gasteiger partial charge in [0.1, 0.15) is 0 Å². The number of nitrogens with zero attached hydrogens (tertiary/aromatic N) is 1. The number of hydrogen-bond donors (Lipinski definition) is 1. The quantitative estimate of drug-likeness (QED) is 0.761. The highest BCUT2D eigenvalue weighted by Gasteiger charge is 2.21. The van der Waals surface area contributed by atoms with Gasteiger partial charge >= 0.3 is 0 Å². The predicted octanol–water partition coefficient (Wildman–Crippen LogP) is 3.73. The van der Waals surface area contributed by atoms with Crippen LogP contribution in [-0.2, 0) is 13.1 Å². The molecular weight excluding hydrogens is 244 g/mol. The predicted molar refractivity (Wildman–Crippen MR) is 86.7 cm³/mol. The summed E-state index contributed by atoms with van der Waals surface area (Å²) in [6, 6.07) is 9.79. The van der Waals surface area contributed by atoms with Crippen molar-refractivity contribution in [2.24, 2.45) is 0 Å². The molecule has 0 radical (unpaired) electrons. The molecule has 2 nitrogen and oxygen atoms in total. The van der Waals surface area contributed by atoms with Gasteiger partial charge in [0, 0.05) is 31.2 Å². The van der Waals surface area contributed by atoms with E-state index in [0.29, 0.717) is 0 Å². The molecule has 0 spiro atoms. The maximum absolute atomic E-state index is 3.87. The van der Waals surface area contributed by atoms with Gasteiger partial charge in [-0.15, -0.1) is 6.58 Å². The van der Waals surface area contributed by atoms with Gasteiger partial charge < -0.3 is 5.32 Å². The van der Waals surface area contributed by atoms with E-state index in [4.69, 9.17) is 0 Å². The molecule has 1 aliphatic rings. The summed E-state index contributed by atoms with van der Waals surface area (Å²) in [5.41, 5.74) is 2.92. The summed E-state index contributed by atoms with van der Waals surface area (Å²) >= 11 is 0. The minimum absolute atomic E-state index is 0.167. The third-order valence-corrected chi connectivity index (χ3v) is 3.87. The van der Waals surface area contributed by atoms with E-state index >= 15 is 0 Å². The Hall–Kier alpha value is -1.12. The maximum Gasteiger partial charge on any atom is 0.0242 e. The molecule has 1 aliphatic carbocycles. The topological polar surface area (TPSA) is 15.3 Å². The molecule has 0 bridgehead atoms. The Bertz CT molecular complexity index is 424. The van der Waals surface area contributed by atoms with Crippen LogP contribution < -0.4 is 5.32 Å². The molecule has 1 aromatic rings. The largest absolute Gasteiger partial charge is 0.310 e. The fourth-order valence-corrected chi connectivity index (χ4v) is 2.26. The van der Waals surface area contributed by atoms with Gasteiger partial charge in [0.15, 0.2) is 0 Å². The Balaban J connectivity index is 1.92. The minimum atomic E-state index is 0.167. The third kappa shape index (κ3) is 4.77. The first-order chi connectivity index (χ1) is 9.49. The number of nitrogens with one attached hydrogen (secondary N) is 1. The fraction of sp³-hybridized carbons (Fsp3) is 0.556. The molecule has 0 amide bonds. The summed E-state index contributed by atoms with van der Waals surface area (Å²) in [7, 11) is 0. The van der Waals surface area contributed by atoms with Crippen LogP contribution in [0, 0.1) is 0 Å². The highest BCUT2D eigenvalue weighted by atomic mass is 15.2. The lowest BCUT2D eigenvalue weighted by atomic mass is 10.0. The zero-order chi connectivity index (χ0) is 14.6. The second-order valence-electron chi connectivity index (χ2n) is 6.81. The Labute approximate surface area is 123 Å². The summed E-state index contributed by atoms with van der Waals surface area (Å²) in [6.45, 7) is 13.5. The summed E-state index contributed by atoms with van der Waals surface area (Å²) in [5.74, 6) is 0. The standard InChI is InChI=1S/C18H28N2/c1-5-12-20(18(2,3)4)14-16-8-6-15(7-9-16)13-19-17-10-11-17/h5-9,17,19H,1,10-14H2,2-4H3. The SMILES string of the molecule is C=CCN(Cc1ccc(CNC2CC2)cc1)C(C)(C)C. The highest BCUT2D eigenvalue weighted by molar-refractivity contribution is 5.23. The molecule has 2 heteroatoms. The van der Waals surface area contributed by atoms with Crippen molar-refractivity contribution in [1.82, 2.24) is 10.2 Å². The Morgan fingerprint density at radius 2 is 1.80 bits per heavy atom. The van der Waals surface area contributed by atoms with Crippen LogP contribution in [0.1, 0.15) is 44.7 Å². The normalized spacial score (nSPS) is 15.6. The van der Waals surface area contributed by atoms with Gasteiger partial charge in [-0.3, -0.25) is 4.90 Å². The molecule has 1 fully saturated rings. The van der Waals surface area contributed by atoms with Crippen LogP contribution in [-0.4, -0.2) is 23.0 Å². The van der Waals surface area contributed by atoms with Gasteiger partial charge in [0.2, 0.25) is 0 Å². The maximum atomic E-state index is 3.87. The number of rotatable bonds is 7. The van der Waals surface area contributed by atoms with E-state index in [1.165, 1.54) is 24.0 Å². The Morgan fingerprint density at radius 3 is 2.30 bits per heavy atom. The van der Waals surface area contributed by atoms with Crippen LogP contribution in [0.5, 0.6) is 0 Å². The molecule has 110 valence electrons. The Kier molecular flexibility index (Phi) is 5.00. The third-order valence-electron chi connectivity index (χ3n) is 3.87. The van der Waals surface area contributed by atoms with Gasteiger partial charge in [0.05, 0.1) is 0 Å². The van der Waals surface area contributed by atoms with Crippen molar-refractivity contribution >= 4 is 0 Å². The van der Waals surface area contributed by atoms with Gasteiger partial charge in [-0.25, -0.2) is 0 Å². The van der Waals surface area contributed by atoms with E-state index in [-0.39, 0.29) is 5.54 Å². The lowest BCUT2D eigenvalue weighted by Gasteiger charge is -2.34. The van der Waals surface area contributed by atoms with Crippen LogP contribution in [0.2, 0.25) is 0 Å². The average molecular weight is 272 g/mol. The monoisotopic (exact) mass is 272 g/mol. The number of hydrogen-bond acceptors (Lipinski definition) is 2. The minimum Gasteiger partial charge on any atom is -0.310 e. The van der Waals surface area contributed by atoms with Crippen molar-refractivity contribution in [3.63, 3.8) is 0 Å². The lowest BCUT2D eigenvalue weighted by Crippen LogP contribution is -2.40. The molecular formula is C18H28N2. The van der Waals surface area contributed by atoms with Crippen molar-refractivity contribution in [3.05, 3.63) is 48.0 Å². The van der Waals surface area contributed by atoms with E-state index in [9.17, 15) is 0 Å². The molecule has 0 heterocycles. The lowest BCUT2D eigenvalue weighted by molar-refractivity contribution is 0.145. The zero-order valence-electron chi connectivity index (χ0n) is 13.2. The highest BCUT2D eigenvalue weighted by Crippen LogP contribution is 2.20. The molecule has 1 aromatic carbocycles. The van der Waals surface area contributed by atoms with Crippen LogP contribution >= 0.6 is 0 Å². The molecule has 0 atom stereocenters. The van der Waals surface area contributed by atoms with E-state index < -0.39 is 0 Å².